The minimum Gasteiger partial charge on any atom is -0.352 e. The highest BCUT2D eigenvalue weighted by molar-refractivity contribution is 7.80. The Morgan fingerprint density at radius 3 is 2.59 bits per heavy atom. The molecular formula is C22H16N4O2S. The number of thiocarbonyl (C=S) groups is 1. The van der Waals surface area contributed by atoms with E-state index in [1.54, 1.807) is 6.08 Å². The fourth-order valence-corrected chi connectivity index (χ4v) is 3.84. The van der Waals surface area contributed by atoms with E-state index in [1.165, 1.54) is 0 Å². The summed E-state index contributed by atoms with van der Waals surface area (Å²) in [6, 6.07) is 15.9. The van der Waals surface area contributed by atoms with Crippen molar-refractivity contribution in [1.29, 1.82) is 0 Å². The minimum atomic E-state index is -0.256. The van der Waals surface area contributed by atoms with Crippen LogP contribution in [0.4, 0.5) is 0 Å². The Morgan fingerprint density at radius 1 is 0.931 bits per heavy atom. The summed E-state index contributed by atoms with van der Waals surface area (Å²) >= 11 is 4.94. The van der Waals surface area contributed by atoms with E-state index in [9.17, 15) is 9.59 Å². The van der Waals surface area contributed by atoms with E-state index >= 15 is 0 Å². The average molecular weight is 400 g/mol. The number of fused-ring (bicyclic) bond motifs is 2. The van der Waals surface area contributed by atoms with Gasteiger partial charge in [0.05, 0.1) is 11.2 Å². The lowest BCUT2D eigenvalue weighted by molar-refractivity contribution is -0.115. The topological polar surface area (TPSA) is 83.1 Å². The summed E-state index contributed by atoms with van der Waals surface area (Å²) in [5.41, 5.74) is 5.87. The van der Waals surface area contributed by atoms with Crippen molar-refractivity contribution in [3.05, 3.63) is 71.0 Å². The number of benzene rings is 2. The molecule has 1 fully saturated rings. The predicted octanol–water partition coefficient (Wildman–Crippen LogP) is 2.53. The molecule has 0 atom stereocenters. The zero-order chi connectivity index (χ0) is 20.0. The molecule has 0 aliphatic carbocycles. The van der Waals surface area contributed by atoms with Gasteiger partial charge in [0.15, 0.2) is 5.11 Å². The van der Waals surface area contributed by atoms with Crippen molar-refractivity contribution >= 4 is 46.1 Å². The van der Waals surface area contributed by atoms with Gasteiger partial charge in [0.2, 0.25) is 0 Å². The van der Waals surface area contributed by atoms with Crippen LogP contribution < -0.4 is 16.0 Å². The molecule has 0 unspecified atom stereocenters. The van der Waals surface area contributed by atoms with Crippen LogP contribution in [0.3, 0.4) is 0 Å². The lowest BCUT2D eigenvalue weighted by atomic mass is 9.94. The fraction of sp³-hybridized carbons (Fsp3) is 0.0909. The lowest BCUT2D eigenvalue weighted by Crippen LogP contribution is -2.31. The zero-order valence-electron chi connectivity index (χ0n) is 15.3. The number of pyridine rings is 1. The number of hydrogen-bond acceptors (Lipinski definition) is 4. The third-order valence-corrected chi connectivity index (χ3v) is 5.29. The van der Waals surface area contributed by atoms with Gasteiger partial charge in [0.1, 0.15) is 5.70 Å². The maximum absolute atomic E-state index is 11.9. The van der Waals surface area contributed by atoms with Crippen molar-refractivity contribution < 1.29 is 9.59 Å². The van der Waals surface area contributed by atoms with Gasteiger partial charge in [-0.2, -0.15) is 0 Å². The van der Waals surface area contributed by atoms with E-state index in [1.807, 2.05) is 36.4 Å². The summed E-state index contributed by atoms with van der Waals surface area (Å²) in [6.07, 6.45) is 2.52. The Hall–Kier alpha value is -3.58. The predicted molar refractivity (Wildman–Crippen MR) is 115 cm³/mol. The van der Waals surface area contributed by atoms with Crippen LogP contribution in [0, 0.1) is 0 Å². The molecule has 5 rings (SSSR count). The van der Waals surface area contributed by atoms with Crippen LogP contribution in [0.25, 0.3) is 28.1 Å². The van der Waals surface area contributed by atoms with Gasteiger partial charge in [-0.15, -0.1) is 0 Å². The van der Waals surface area contributed by atoms with Gasteiger partial charge < -0.3 is 10.6 Å². The molecule has 0 spiro atoms. The van der Waals surface area contributed by atoms with E-state index in [4.69, 9.17) is 12.2 Å². The Bertz CT molecular complexity index is 1250. The number of carbonyl (C=O) groups excluding carboxylic acids is 2. The normalized spacial score (nSPS) is 17.1. The third kappa shape index (κ3) is 3.25. The highest BCUT2D eigenvalue weighted by Gasteiger charge is 2.20. The molecular weight excluding hydrogens is 384 g/mol. The Labute approximate surface area is 172 Å². The van der Waals surface area contributed by atoms with Crippen molar-refractivity contribution in [2.75, 3.05) is 6.54 Å². The van der Waals surface area contributed by atoms with Gasteiger partial charge in [-0.1, -0.05) is 24.3 Å². The van der Waals surface area contributed by atoms with Gasteiger partial charge in [0, 0.05) is 17.5 Å². The number of rotatable bonds is 2. The van der Waals surface area contributed by atoms with E-state index in [0.29, 0.717) is 23.0 Å². The molecule has 0 bridgehead atoms. The first-order valence-corrected chi connectivity index (χ1v) is 9.64. The quantitative estimate of drug-likeness (QED) is 0.455. The molecule has 29 heavy (non-hydrogen) atoms. The van der Waals surface area contributed by atoms with Crippen LogP contribution in [0.2, 0.25) is 0 Å². The third-order valence-electron chi connectivity index (χ3n) is 5.09. The highest BCUT2D eigenvalue weighted by atomic mass is 32.1. The van der Waals surface area contributed by atoms with Gasteiger partial charge in [0.25, 0.3) is 11.8 Å². The first-order valence-electron chi connectivity index (χ1n) is 9.23. The van der Waals surface area contributed by atoms with Crippen molar-refractivity contribution in [2.24, 2.45) is 0 Å². The number of amides is 2. The van der Waals surface area contributed by atoms with Crippen LogP contribution >= 0.6 is 12.2 Å². The maximum atomic E-state index is 11.9. The molecule has 1 saturated heterocycles. The minimum absolute atomic E-state index is 0.00615. The van der Waals surface area contributed by atoms with Crippen molar-refractivity contribution in [3.63, 3.8) is 0 Å². The molecule has 7 heteroatoms. The number of hydrogen-bond donors (Lipinski definition) is 3. The van der Waals surface area contributed by atoms with Crippen LogP contribution in [0.15, 0.2) is 54.2 Å². The standard InChI is InChI=1S/C22H16N4O2S/c27-20-17-5-2-12(9-14(17)7-8-23-20)13-3-6-18-15(10-13)1-4-16(24-18)11-19-21(28)26-22(29)25-19/h1-6,9-11H,7-8H2,(H,23,27)(H2,25,26,28,29)/b19-11+. The first kappa shape index (κ1) is 17.5. The molecule has 1 aromatic heterocycles. The summed E-state index contributed by atoms with van der Waals surface area (Å²) < 4.78 is 0. The number of carbonyl (C=O) groups is 2. The number of aromatic nitrogens is 1. The number of nitrogens with zero attached hydrogens (tertiary/aromatic N) is 1. The molecule has 2 amide bonds. The number of nitrogens with one attached hydrogen (secondary N) is 3. The van der Waals surface area contributed by atoms with E-state index < -0.39 is 0 Å². The highest BCUT2D eigenvalue weighted by Crippen LogP contribution is 2.27. The molecule has 0 saturated carbocycles. The van der Waals surface area contributed by atoms with Crippen molar-refractivity contribution in [2.45, 2.75) is 6.42 Å². The second-order valence-corrected chi connectivity index (χ2v) is 7.40. The van der Waals surface area contributed by atoms with E-state index in [0.717, 1.165) is 39.6 Å². The molecule has 0 radical (unpaired) electrons. The molecule has 2 aliphatic rings. The summed E-state index contributed by atoms with van der Waals surface area (Å²) in [5.74, 6) is -0.262. The molecule has 3 aromatic rings. The van der Waals surface area contributed by atoms with Crippen molar-refractivity contribution in [1.82, 2.24) is 20.9 Å². The van der Waals surface area contributed by atoms with Gasteiger partial charge in [-0.25, -0.2) is 4.98 Å². The first-order chi connectivity index (χ1) is 14.1. The zero-order valence-corrected chi connectivity index (χ0v) is 16.1. The van der Waals surface area contributed by atoms with Gasteiger partial charge >= 0.3 is 0 Å². The maximum Gasteiger partial charge on any atom is 0.273 e. The second kappa shape index (κ2) is 6.79. The van der Waals surface area contributed by atoms with Gasteiger partial charge in [-0.3, -0.25) is 14.9 Å². The molecule has 2 aliphatic heterocycles. The Kier molecular flexibility index (Phi) is 4.10. The molecule has 6 nitrogen and oxygen atoms in total. The van der Waals surface area contributed by atoms with Crippen LogP contribution in [-0.4, -0.2) is 28.5 Å². The Balaban J connectivity index is 1.49. The largest absolute Gasteiger partial charge is 0.352 e. The van der Waals surface area contributed by atoms with Crippen LogP contribution in [0.5, 0.6) is 0 Å². The molecule has 2 aromatic carbocycles. The van der Waals surface area contributed by atoms with Crippen molar-refractivity contribution in [3.8, 4) is 11.1 Å². The summed E-state index contributed by atoms with van der Waals surface area (Å²) in [4.78, 5) is 28.4. The summed E-state index contributed by atoms with van der Waals surface area (Å²) in [6.45, 7) is 0.673. The average Bonchev–Trinajstić information content (AvgIpc) is 3.04. The molecule has 142 valence electrons. The smallest absolute Gasteiger partial charge is 0.273 e. The van der Waals surface area contributed by atoms with E-state index in [2.05, 4.69) is 33.1 Å². The molecule has 3 heterocycles. The SMILES string of the molecule is O=C1NC(=S)N/C1=C/c1ccc2cc(-c3ccc4c(c3)CCNC4=O)ccc2n1. The monoisotopic (exact) mass is 400 g/mol. The summed E-state index contributed by atoms with van der Waals surface area (Å²) in [5, 5.41) is 9.53. The van der Waals surface area contributed by atoms with Gasteiger partial charge in [-0.05, 0) is 65.7 Å². The fourth-order valence-electron chi connectivity index (χ4n) is 3.64. The van der Waals surface area contributed by atoms with E-state index in [-0.39, 0.29) is 11.8 Å². The summed E-state index contributed by atoms with van der Waals surface area (Å²) in [7, 11) is 0. The lowest BCUT2D eigenvalue weighted by Gasteiger charge is -2.17. The second-order valence-electron chi connectivity index (χ2n) is 6.99. The Morgan fingerprint density at radius 2 is 1.76 bits per heavy atom. The molecule has 3 N–H and O–H groups in total. The van der Waals surface area contributed by atoms with Crippen LogP contribution in [0.1, 0.15) is 21.6 Å². The van der Waals surface area contributed by atoms with Crippen LogP contribution in [-0.2, 0) is 11.2 Å².